The first-order valence-corrected chi connectivity index (χ1v) is 8.40. The molecule has 23 heavy (non-hydrogen) atoms. The van der Waals surface area contributed by atoms with Crippen LogP contribution in [0.25, 0.3) is 0 Å². The van der Waals surface area contributed by atoms with Crippen molar-refractivity contribution < 1.29 is 9.59 Å². The number of likely N-dealkylation sites (tertiary alicyclic amines) is 2. The van der Waals surface area contributed by atoms with Crippen LogP contribution >= 0.6 is 0 Å². The molecule has 0 spiro atoms. The fraction of sp³-hybridized carbons (Fsp3) is 0.733. The van der Waals surface area contributed by atoms with Crippen molar-refractivity contribution >= 4 is 11.8 Å². The lowest BCUT2D eigenvalue weighted by atomic mass is 10.1. The van der Waals surface area contributed by atoms with Crippen LogP contribution in [0.15, 0.2) is 6.20 Å². The maximum Gasteiger partial charge on any atom is 0.276 e. The molecule has 3 rings (SSSR count). The molecule has 2 aliphatic rings. The molecule has 3 heterocycles. The summed E-state index contributed by atoms with van der Waals surface area (Å²) in [5, 5.41) is 7.83. The van der Waals surface area contributed by atoms with Crippen molar-refractivity contribution in [3.05, 3.63) is 11.9 Å². The van der Waals surface area contributed by atoms with Gasteiger partial charge >= 0.3 is 0 Å². The molecule has 1 atom stereocenters. The first-order valence-electron chi connectivity index (χ1n) is 8.40. The Morgan fingerprint density at radius 3 is 2.70 bits per heavy atom. The number of nitrogens with two attached hydrogens (primary N) is 1. The molecule has 2 fully saturated rings. The first-order chi connectivity index (χ1) is 11.2. The summed E-state index contributed by atoms with van der Waals surface area (Å²) in [7, 11) is 0. The Balaban J connectivity index is 1.69. The van der Waals surface area contributed by atoms with E-state index in [1.54, 1.807) is 15.8 Å². The van der Waals surface area contributed by atoms with Crippen LogP contribution in [0.5, 0.6) is 0 Å². The van der Waals surface area contributed by atoms with Gasteiger partial charge in [0, 0.05) is 26.2 Å². The van der Waals surface area contributed by atoms with Crippen LogP contribution in [-0.4, -0.2) is 68.8 Å². The Kier molecular flexibility index (Phi) is 4.90. The van der Waals surface area contributed by atoms with E-state index in [0.29, 0.717) is 19.6 Å². The third kappa shape index (κ3) is 3.36. The van der Waals surface area contributed by atoms with Gasteiger partial charge in [-0.05, 0) is 32.1 Å². The van der Waals surface area contributed by atoms with E-state index in [2.05, 4.69) is 10.3 Å². The molecule has 0 aromatic carbocycles. The predicted molar refractivity (Wildman–Crippen MR) is 83.6 cm³/mol. The third-order valence-electron chi connectivity index (χ3n) is 4.58. The number of hydrogen-bond donors (Lipinski definition) is 1. The highest BCUT2D eigenvalue weighted by Crippen LogP contribution is 2.23. The minimum absolute atomic E-state index is 0.0879. The molecule has 8 heteroatoms. The topological polar surface area (TPSA) is 97.3 Å². The van der Waals surface area contributed by atoms with Crippen molar-refractivity contribution in [1.82, 2.24) is 24.8 Å². The summed E-state index contributed by atoms with van der Waals surface area (Å²) < 4.78 is 1.56. The highest BCUT2D eigenvalue weighted by Gasteiger charge is 2.37. The smallest absolute Gasteiger partial charge is 0.276 e. The van der Waals surface area contributed by atoms with Crippen molar-refractivity contribution in [2.75, 3.05) is 26.2 Å². The fourth-order valence-electron chi connectivity index (χ4n) is 3.38. The zero-order chi connectivity index (χ0) is 16.2. The Labute approximate surface area is 135 Å². The van der Waals surface area contributed by atoms with Gasteiger partial charge in [-0.2, -0.15) is 0 Å². The lowest BCUT2D eigenvalue weighted by Crippen LogP contribution is -2.49. The Morgan fingerprint density at radius 1 is 1.17 bits per heavy atom. The monoisotopic (exact) mass is 320 g/mol. The molecule has 126 valence electrons. The molecule has 2 amide bonds. The summed E-state index contributed by atoms with van der Waals surface area (Å²) in [4.78, 5) is 29.0. The molecule has 1 aromatic rings. The van der Waals surface area contributed by atoms with Crippen LogP contribution in [0, 0.1) is 0 Å². The third-order valence-corrected chi connectivity index (χ3v) is 4.58. The van der Waals surface area contributed by atoms with Crippen LogP contribution in [0.1, 0.15) is 42.6 Å². The second kappa shape index (κ2) is 7.08. The number of hydrogen-bond acceptors (Lipinski definition) is 5. The summed E-state index contributed by atoms with van der Waals surface area (Å²) in [6.45, 7) is 3.19. The van der Waals surface area contributed by atoms with Gasteiger partial charge in [0.2, 0.25) is 5.91 Å². The molecule has 0 bridgehead atoms. The molecule has 1 aromatic heterocycles. The quantitative estimate of drug-likeness (QED) is 0.832. The van der Waals surface area contributed by atoms with Crippen LogP contribution in [0.3, 0.4) is 0 Å². The van der Waals surface area contributed by atoms with E-state index in [0.717, 1.165) is 38.8 Å². The molecule has 0 unspecified atom stereocenters. The predicted octanol–water partition coefficient (Wildman–Crippen LogP) is -0.146. The van der Waals surface area contributed by atoms with Crippen LogP contribution in [-0.2, 0) is 11.3 Å². The standard InChI is InChI=1S/C15H24N6O2/c16-6-10-20-11-12(17-18-20)14(22)21-9-4-5-13(21)15(23)19-7-2-1-3-8-19/h11,13H,1-10,16H2/t13-/m0/s1. The Bertz CT molecular complexity index is 566. The molecule has 2 aliphatic heterocycles. The van der Waals surface area contributed by atoms with E-state index < -0.39 is 0 Å². The van der Waals surface area contributed by atoms with Crippen LogP contribution in [0.4, 0.5) is 0 Å². The second-order valence-electron chi connectivity index (χ2n) is 6.20. The van der Waals surface area contributed by atoms with Gasteiger partial charge < -0.3 is 15.5 Å². The molecular formula is C15H24N6O2. The summed E-state index contributed by atoms with van der Waals surface area (Å²) in [5.41, 5.74) is 5.77. The molecule has 2 saturated heterocycles. The number of piperidine rings is 1. The van der Waals surface area contributed by atoms with Crippen molar-refractivity contribution in [2.45, 2.75) is 44.7 Å². The zero-order valence-electron chi connectivity index (χ0n) is 13.4. The average Bonchev–Trinajstić information content (AvgIpc) is 3.24. The van der Waals surface area contributed by atoms with Crippen molar-refractivity contribution in [3.8, 4) is 0 Å². The van der Waals surface area contributed by atoms with E-state index >= 15 is 0 Å². The minimum atomic E-state index is -0.347. The summed E-state index contributed by atoms with van der Waals surface area (Å²) in [6.07, 6.45) is 6.49. The van der Waals surface area contributed by atoms with E-state index in [9.17, 15) is 9.59 Å². The molecule has 2 N–H and O–H groups in total. The maximum atomic E-state index is 12.7. The minimum Gasteiger partial charge on any atom is -0.341 e. The molecule has 0 aliphatic carbocycles. The number of carbonyl (C=O) groups is 2. The Hall–Kier alpha value is -1.96. The maximum absolute atomic E-state index is 12.7. The normalized spacial score (nSPS) is 21.7. The van der Waals surface area contributed by atoms with Crippen molar-refractivity contribution in [2.24, 2.45) is 5.73 Å². The van der Waals surface area contributed by atoms with Gasteiger partial charge in [-0.15, -0.1) is 5.10 Å². The van der Waals surface area contributed by atoms with Gasteiger partial charge in [-0.25, -0.2) is 0 Å². The largest absolute Gasteiger partial charge is 0.341 e. The number of amides is 2. The summed E-state index contributed by atoms with van der Waals surface area (Å²) in [5.74, 6) is -0.119. The van der Waals surface area contributed by atoms with E-state index in [4.69, 9.17) is 5.73 Å². The zero-order valence-corrected chi connectivity index (χ0v) is 13.4. The van der Waals surface area contributed by atoms with Crippen molar-refractivity contribution in [3.63, 3.8) is 0 Å². The lowest BCUT2D eigenvalue weighted by Gasteiger charge is -2.32. The van der Waals surface area contributed by atoms with E-state index in [1.165, 1.54) is 6.42 Å². The lowest BCUT2D eigenvalue weighted by molar-refractivity contribution is -0.136. The van der Waals surface area contributed by atoms with Crippen LogP contribution in [0.2, 0.25) is 0 Å². The van der Waals surface area contributed by atoms with Gasteiger partial charge in [0.15, 0.2) is 5.69 Å². The molecule has 0 saturated carbocycles. The Morgan fingerprint density at radius 2 is 1.96 bits per heavy atom. The highest BCUT2D eigenvalue weighted by molar-refractivity contribution is 5.96. The van der Waals surface area contributed by atoms with Gasteiger partial charge in [0.25, 0.3) is 5.91 Å². The highest BCUT2D eigenvalue weighted by atomic mass is 16.2. The number of carbonyl (C=O) groups excluding carboxylic acids is 2. The number of rotatable bonds is 4. The average molecular weight is 320 g/mol. The van der Waals surface area contributed by atoms with Crippen molar-refractivity contribution in [1.29, 1.82) is 0 Å². The van der Waals surface area contributed by atoms with Gasteiger partial charge in [-0.3, -0.25) is 14.3 Å². The van der Waals surface area contributed by atoms with Gasteiger partial charge in [0.05, 0.1) is 12.7 Å². The van der Waals surface area contributed by atoms with E-state index in [-0.39, 0.29) is 23.6 Å². The summed E-state index contributed by atoms with van der Waals surface area (Å²) in [6, 6.07) is -0.347. The SMILES string of the molecule is NCCn1cc(C(=O)N2CCC[C@H]2C(=O)N2CCCCC2)nn1. The fourth-order valence-corrected chi connectivity index (χ4v) is 3.38. The summed E-state index contributed by atoms with van der Waals surface area (Å²) >= 11 is 0. The molecular weight excluding hydrogens is 296 g/mol. The number of aromatic nitrogens is 3. The second-order valence-corrected chi connectivity index (χ2v) is 6.20. The van der Waals surface area contributed by atoms with E-state index in [1.807, 2.05) is 4.90 Å². The van der Waals surface area contributed by atoms with Crippen LogP contribution < -0.4 is 5.73 Å². The molecule has 8 nitrogen and oxygen atoms in total. The first kappa shape index (κ1) is 15.9. The number of nitrogens with zero attached hydrogens (tertiary/aromatic N) is 5. The van der Waals surface area contributed by atoms with Gasteiger partial charge in [0.1, 0.15) is 6.04 Å². The molecule has 0 radical (unpaired) electrons. The van der Waals surface area contributed by atoms with Gasteiger partial charge in [-0.1, -0.05) is 5.21 Å².